The van der Waals surface area contributed by atoms with Gasteiger partial charge in [0, 0.05) is 16.5 Å². The zero-order chi connectivity index (χ0) is 22.1. The summed E-state index contributed by atoms with van der Waals surface area (Å²) >= 11 is 1.29. The van der Waals surface area contributed by atoms with Crippen LogP contribution in [0.15, 0.2) is 52.3 Å². The standard InChI is InChI=1S/C19H17F3N2O4S2/c1-11(18(26)23-13-4-2-3-12(7-13)19(20,21)22)10-30(27,28)14-5-6-16-15(8-14)24-17(25)9-29-16/h2-8,11H,9-10H2,1H3,(H,23,26)(H,24,25)/t11-/m0/s1. The Balaban J connectivity index is 1.72. The van der Waals surface area contributed by atoms with Gasteiger partial charge in [0.25, 0.3) is 0 Å². The van der Waals surface area contributed by atoms with Gasteiger partial charge in [0.2, 0.25) is 11.8 Å². The normalized spacial score (nSPS) is 15.1. The molecule has 2 aromatic carbocycles. The molecule has 0 radical (unpaired) electrons. The van der Waals surface area contributed by atoms with Crippen LogP contribution in [0.5, 0.6) is 0 Å². The van der Waals surface area contributed by atoms with Crippen molar-refractivity contribution >= 4 is 44.8 Å². The third-order valence-electron chi connectivity index (χ3n) is 4.32. The van der Waals surface area contributed by atoms with Crippen LogP contribution in [0.3, 0.4) is 0 Å². The Labute approximate surface area is 175 Å². The molecule has 1 aliphatic rings. The molecule has 2 aromatic rings. The third-order valence-corrected chi connectivity index (χ3v) is 7.30. The molecule has 1 aliphatic heterocycles. The van der Waals surface area contributed by atoms with Gasteiger partial charge >= 0.3 is 6.18 Å². The van der Waals surface area contributed by atoms with E-state index in [1.165, 1.54) is 36.9 Å². The lowest BCUT2D eigenvalue weighted by Crippen LogP contribution is -2.27. The van der Waals surface area contributed by atoms with E-state index >= 15 is 0 Å². The van der Waals surface area contributed by atoms with E-state index in [1.54, 1.807) is 6.07 Å². The monoisotopic (exact) mass is 458 g/mol. The number of rotatable bonds is 5. The number of fused-ring (bicyclic) bond motifs is 1. The second-order valence-corrected chi connectivity index (χ2v) is 9.80. The second-order valence-electron chi connectivity index (χ2n) is 6.75. The number of alkyl halides is 3. The van der Waals surface area contributed by atoms with Gasteiger partial charge in [-0.3, -0.25) is 9.59 Å². The first-order valence-corrected chi connectivity index (χ1v) is 11.4. The summed E-state index contributed by atoms with van der Waals surface area (Å²) in [6.45, 7) is 1.37. The summed E-state index contributed by atoms with van der Waals surface area (Å²) in [5.74, 6) is -2.29. The fraction of sp³-hybridized carbons (Fsp3) is 0.263. The van der Waals surface area contributed by atoms with Crippen LogP contribution in [-0.4, -0.2) is 31.7 Å². The zero-order valence-corrected chi connectivity index (χ0v) is 17.2. The van der Waals surface area contributed by atoms with Crippen molar-refractivity contribution < 1.29 is 31.2 Å². The van der Waals surface area contributed by atoms with Crippen molar-refractivity contribution in [3.05, 3.63) is 48.0 Å². The summed E-state index contributed by atoms with van der Waals surface area (Å²) in [6, 6.07) is 8.42. The van der Waals surface area contributed by atoms with Crippen molar-refractivity contribution in [3.63, 3.8) is 0 Å². The number of amides is 2. The highest BCUT2D eigenvalue weighted by Gasteiger charge is 2.31. The molecule has 3 rings (SSSR count). The van der Waals surface area contributed by atoms with E-state index in [1.807, 2.05) is 0 Å². The van der Waals surface area contributed by atoms with Crippen LogP contribution in [0.25, 0.3) is 0 Å². The van der Waals surface area contributed by atoms with E-state index in [2.05, 4.69) is 10.6 Å². The Hall–Kier alpha value is -2.53. The molecule has 2 N–H and O–H groups in total. The molecule has 30 heavy (non-hydrogen) atoms. The molecular formula is C19H17F3N2O4S2. The molecule has 1 heterocycles. The molecule has 0 fully saturated rings. The van der Waals surface area contributed by atoms with Crippen LogP contribution in [-0.2, 0) is 25.6 Å². The summed E-state index contributed by atoms with van der Waals surface area (Å²) in [5.41, 5.74) is -0.611. The smallest absolute Gasteiger partial charge is 0.326 e. The van der Waals surface area contributed by atoms with Crippen molar-refractivity contribution in [2.24, 2.45) is 5.92 Å². The number of thioether (sulfide) groups is 1. The SMILES string of the molecule is C[C@@H](CS(=O)(=O)c1ccc2c(c1)NC(=O)CS2)C(=O)Nc1cccc(C(F)(F)F)c1. The van der Waals surface area contributed by atoms with Crippen LogP contribution < -0.4 is 10.6 Å². The summed E-state index contributed by atoms with van der Waals surface area (Å²) in [5, 5.41) is 4.92. The van der Waals surface area contributed by atoms with Crippen LogP contribution >= 0.6 is 11.8 Å². The van der Waals surface area contributed by atoms with Crippen LogP contribution in [0.4, 0.5) is 24.5 Å². The summed E-state index contributed by atoms with van der Waals surface area (Å²) in [4.78, 5) is 24.5. The Morgan fingerprint density at radius 3 is 2.67 bits per heavy atom. The topological polar surface area (TPSA) is 92.3 Å². The van der Waals surface area contributed by atoms with Gasteiger partial charge in [0.15, 0.2) is 9.84 Å². The van der Waals surface area contributed by atoms with E-state index in [9.17, 15) is 31.2 Å². The third kappa shape index (κ3) is 5.14. The van der Waals surface area contributed by atoms with Gasteiger partial charge in [0.05, 0.1) is 27.7 Å². The molecule has 0 bridgehead atoms. The minimum atomic E-state index is -4.56. The van der Waals surface area contributed by atoms with Gasteiger partial charge in [-0.25, -0.2) is 8.42 Å². The fourth-order valence-electron chi connectivity index (χ4n) is 2.80. The molecule has 0 saturated heterocycles. The van der Waals surface area contributed by atoms with Crippen LogP contribution in [0.1, 0.15) is 12.5 Å². The number of carbonyl (C=O) groups is 2. The van der Waals surface area contributed by atoms with E-state index in [-0.39, 0.29) is 22.2 Å². The minimum Gasteiger partial charge on any atom is -0.326 e. The number of benzene rings is 2. The van der Waals surface area contributed by atoms with Crippen molar-refractivity contribution in [2.75, 3.05) is 22.1 Å². The number of anilines is 2. The van der Waals surface area contributed by atoms with Gasteiger partial charge in [0.1, 0.15) is 0 Å². The lowest BCUT2D eigenvalue weighted by molar-refractivity contribution is -0.137. The largest absolute Gasteiger partial charge is 0.416 e. The van der Waals surface area contributed by atoms with Crippen molar-refractivity contribution in [3.8, 4) is 0 Å². The van der Waals surface area contributed by atoms with Gasteiger partial charge in [-0.1, -0.05) is 13.0 Å². The summed E-state index contributed by atoms with van der Waals surface area (Å²) in [6.07, 6.45) is -4.56. The maximum absolute atomic E-state index is 12.8. The fourth-order valence-corrected chi connectivity index (χ4v) is 5.16. The van der Waals surface area contributed by atoms with E-state index in [0.717, 1.165) is 23.1 Å². The molecule has 0 aromatic heterocycles. The maximum atomic E-state index is 12.8. The van der Waals surface area contributed by atoms with Gasteiger partial charge in [-0.05, 0) is 36.4 Å². The average molecular weight is 458 g/mol. The number of carbonyl (C=O) groups excluding carboxylic acids is 2. The number of halogens is 3. The predicted molar refractivity (Wildman–Crippen MR) is 107 cm³/mol. The quantitative estimate of drug-likeness (QED) is 0.711. The minimum absolute atomic E-state index is 0.0530. The first-order chi connectivity index (χ1) is 14.0. The summed E-state index contributed by atoms with van der Waals surface area (Å²) < 4.78 is 63.8. The first-order valence-electron chi connectivity index (χ1n) is 8.73. The Kier molecular flexibility index (Phi) is 6.14. The molecule has 0 saturated carbocycles. The zero-order valence-electron chi connectivity index (χ0n) is 15.6. The molecule has 11 heteroatoms. The average Bonchev–Trinajstić information content (AvgIpc) is 2.66. The highest BCUT2D eigenvalue weighted by molar-refractivity contribution is 8.00. The Morgan fingerprint density at radius 1 is 1.23 bits per heavy atom. The predicted octanol–water partition coefficient (Wildman–Crippen LogP) is 3.80. The van der Waals surface area contributed by atoms with Crippen LogP contribution in [0, 0.1) is 5.92 Å². The molecular weight excluding hydrogens is 441 g/mol. The Bertz CT molecular complexity index is 1100. The highest BCUT2D eigenvalue weighted by Crippen LogP contribution is 2.34. The Morgan fingerprint density at radius 2 is 1.97 bits per heavy atom. The van der Waals surface area contributed by atoms with Crippen LogP contribution in [0.2, 0.25) is 0 Å². The lowest BCUT2D eigenvalue weighted by atomic mass is 10.1. The molecule has 0 unspecified atom stereocenters. The van der Waals surface area contributed by atoms with E-state index < -0.39 is 39.2 Å². The molecule has 0 aliphatic carbocycles. The highest BCUT2D eigenvalue weighted by atomic mass is 32.2. The van der Waals surface area contributed by atoms with Gasteiger partial charge in [-0.2, -0.15) is 13.2 Å². The number of sulfone groups is 1. The number of hydrogen-bond acceptors (Lipinski definition) is 5. The van der Waals surface area contributed by atoms with Crippen molar-refractivity contribution in [1.82, 2.24) is 0 Å². The maximum Gasteiger partial charge on any atom is 0.416 e. The molecule has 0 spiro atoms. The lowest BCUT2D eigenvalue weighted by Gasteiger charge is -2.18. The molecule has 2 amide bonds. The van der Waals surface area contributed by atoms with Gasteiger partial charge < -0.3 is 10.6 Å². The summed E-state index contributed by atoms with van der Waals surface area (Å²) in [7, 11) is -3.88. The van der Waals surface area contributed by atoms with E-state index in [0.29, 0.717) is 5.69 Å². The molecule has 6 nitrogen and oxygen atoms in total. The molecule has 1 atom stereocenters. The van der Waals surface area contributed by atoms with Gasteiger partial charge in [-0.15, -0.1) is 11.8 Å². The number of nitrogens with one attached hydrogen (secondary N) is 2. The van der Waals surface area contributed by atoms with Crippen molar-refractivity contribution in [1.29, 1.82) is 0 Å². The molecule has 160 valence electrons. The van der Waals surface area contributed by atoms with E-state index in [4.69, 9.17) is 0 Å². The number of hydrogen-bond donors (Lipinski definition) is 2. The van der Waals surface area contributed by atoms with Crippen molar-refractivity contribution in [2.45, 2.75) is 22.9 Å². The first kappa shape index (κ1) is 22.2. The second kappa shape index (κ2) is 8.31.